The summed E-state index contributed by atoms with van der Waals surface area (Å²) in [7, 11) is 1.65. The summed E-state index contributed by atoms with van der Waals surface area (Å²) in [6.07, 6.45) is 1.45. The third kappa shape index (κ3) is 3.46. The topological polar surface area (TPSA) is 54.3 Å². The molecule has 0 saturated carbocycles. The molecule has 0 spiro atoms. The van der Waals surface area contributed by atoms with E-state index in [1.54, 1.807) is 13.2 Å². The molecule has 0 amide bonds. The van der Waals surface area contributed by atoms with Gasteiger partial charge in [0.2, 0.25) is 0 Å². The van der Waals surface area contributed by atoms with Gasteiger partial charge in [-0.1, -0.05) is 0 Å². The van der Waals surface area contributed by atoms with Crippen LogP contribution in [0, 0.1) is 17.2 Å². The number of nitrogens with zero attached hydrogens (tertiary/aromatic N) is 1. The molecule has 102 valence electrons. The van der Waals surface area contributed by atoms with Crippen LogP contribution in [0.2, 0.25) is 0 Å². The van der Waals surface area contributed by atoms with Crippen LogP contribution in [0.3, 0.4) is 0 Å². The molecule has 19 heavy (non-hydrogen) atoms. The maximum Gasteiger partial charge on any atom is 0.123 e. The molecule has 1 aliphatic rings. The normalized spacial score (nSPS) is 22.2. The number of hydrogen-bond donors (Lipinski definition) is 1. The van der Waals surface area contributed by atoms with Crippen LogP contribution in [-0.2, 0) is 11.3 Å². The lowest BCUT2D eigenvalue weighted by Crippen LogP contribution is -2.26. The zero-order chi connectivity index (χ0) is 13.7. The van der Waals surface area contributed by atoms with E-state index in [1.165, 1.54) is 0 Å². The predicted octanol–water partition coefficient (Wildman–Crippen LogP) is 2.08. The van der Waals surface area contributed by atoms with Crippen LogP contribution < -0.4 is 10.1 Å². The van der Waals surface area contributed by atoms with Gasteiger partial charge in [0.15, 0.2) is 0 Å². The first kappa shape index (κ1) is 13.9. The van der Waals surface area contributed by atoms with E-state index in [9.17, 15) is 0 Å². The molecule has 1 saturated heterocycles. The lowest BCUT2D eigenvalue weighted by Gasteiger charge is -2.15. The second-order valence-corrected chi connectivity index (χ2v) is 4.89. The fraction of sp³-hybridized carbons (Fsp3) is 0.533. The molecule has 1 aliphatic heterocycles. The van der Waals surface area contributed by atoms with Crippen LogP contribution in [0.25, 0.3) is 0 Å². The first-order valence-electron chi connectivity index (χ1n) is 6.64. The molecule has 1 heterocycles. The maximum atomic E-state index is 8.93. The van der Waals surface area contributed by atoms with Crippen LogP contribution in [0.4, 0.5) is 0 Å². The summed E-state index contributed by atoms with van der Waals surface area (Å²) >= 11 is 0. The van der Waals surface area contributed by atoms with E-state index < -0.39 is 0 Å². The molecule has 0 aromatic heterocycles. The van der Waals surface area contributed by atoms with E-state index in [0.717, 1.165) is 30.9 Å². The summed E-state index contributed by atoms with van der Waals surface area (Å²) in [4.78, 5) is 0. The van der Waals surface area contributed by atoms with Gasteiger partial charge in [0.25, 0.3) is 0 Å². The largest absolute Gasteiger partial charge is 0.496 e. The predicted molar refractivity (Wildman–Crippen MR) is 72.9 cm³/mol. The molecule has 4 heteroatoms. The van der Waals surface area contributed by atoms with Gasteiger partial charge in [-0.3, -0.25) is 0 Å². The molecular weight excluding hydrogens is 240 g/mol. The molecule has 0 aliphatic carbocycles. The molecule has 2 atom stereocenters. The number of nitriles is 1. The van der Waals surface area contributed by atoms with Crippen molar-refractivity contribution in [1.29, 1.82) is 5.26 Å². The van der Waals surface area contributed by atoms with Gasteiger partial charge >= 0.3 is 0 Å². The van der Waals surface area contributed by atoms with Crippen molar-refractivity contribution < 1.29 is 9.47 Å². The number of nitrogens with one attached hydrogen (secondary N) is 1. The highest BCUT2D eigenvalue weighted by atomic mass is 16.5. The Morgan fingerprint density at radius 3 is 3.00 bits per heavy atom. The number of hydrogen-bond acceptors (Lipinski definition) is 4. The average Bonchev–Trinajstić information content (AvgIpc) is 2.84. The molecule has 1 fully saturated rings. The SMILES string of the molecule is COc1ccc(C#N)cc1CNCC1CCOC1C. The Morgan fingerprint density at radius 2 is 2.37 bits per heavy atom. The Kier molecular flexibility index (Phi) is 4.78. The van der Waals surface area contributed by atoms with Gasteiger partial charge in [-0.15, -0.1) is 0 Å². The fourth-order valence-corrected chi connectivity index (χ4v) is 2.42. The van der Waals surface area contributed by atoms with Gasteiger partial charge in [0.05, 0.1) is 24.8 Å². The van der Waals surface area contributed by atoms with Crippen molar-refractivity contribution in [2.75, 3.05) is 20.3 Å². The summed E-state index contributed by atoms with van der Waals surface area (Å²) in [5.41, 5.74) is 1.68. The van der Waals surface area contributed by atoms with Crippen molar-refractivity contribution in [1.82, 2.24) is 5.32 Å². The number of rotatable bonds is 5. The van der Waals surface area contributed by atoms with Gasteiger partial charge < -0.3 is 14.8 Å². The molecule has 2 rings (SSSR count). The smallest absolute Gasteiger partial charge is 0.123 e. The minimum Gasteiger partial charge on any atom is -0.496 e. The van der Waals surface area contributed by atoms with Gasteiger partial charge in [-0.2, -0.15) is 5.26 Å². The minimum absolute atomic E-state index is 0.333. The molecule has 1 aromatic rings. The second-order valence-electron chi connectivity index (χ2n) is 4.89. The van der Waals surface area contributed by atoms with Crippen LogP contribution in [-0.4, -0.2) is 26.4 Å². The van der Waals surface area contributed by atoms with Crippen LogP contribution in [0.5, 0.6) is 5.75 Å². The van der Waals surface area contributed by atoms with Crippen LogP contribution in [0.15, 0.2) is 18.2 Å². The first-order valence-corrected chi connectivity index (χ1v) is 6.64. The highest BCUT2D eigenvalue weighted by Gasteiger charge is 2.23. The van der Waals surface area contributed by atoms with Gasteiger partial charge in [-0.25, -0.2) is 0 Å². The molecule has 0 bridgehead atoms. The first-order chi connectivity index (χ1) is 9.24. The number of benzene rings is 1. The van der Waals surface area contributed by atoms with Gasteiger partial charge in [0.1, 0.15) is 5.75 Å². The summed E-state index contributed by atoms with van der Waals surface area (Å²) in [5.74, 6) is 1.40. The zero-order valence-corrected chi connectivity index (χ0v) is 11.5. The maximum absolute atomic E-state index is 8.93. The fourth-order valence-electron chi connectivity index (χ4n) is 2.42. The summed E-state index contributed by atoms with van der Waals surface area (Å²) in [6, 6.07) is 7.65. The van der Waals surface area contributed by atoms with Crippen molar-refractivity contribution >= 4 is 0 Å². The van der Waals surface area contributed by atoms with Crippen molar-refractivity contribution in [3.05, 3.63) is 29.3 Å². The third-order valence-electron chi connectivity index (χ3n) is 3.66. The Balaban J connectivity index is 1.93. The monoisotopic (exact) mass is 260 g/mol. The second kappa shape index (κ2) is 6.55. The quantitative estimate of drug-likeness (QED) is 0.880. The van der Waals surface area contributed by atoms with E-state index in [0.29, 0.717) is 24.1 Å². The van der Waals surface area contributed by atoms with Gasteiger partial charge in [0, 0.05) is 25.3 Å². The zero-order valence-electron chi connectivity index (χ0n) is 11.5. The summed E-state index contributed by atoms with van der Waals surface area (Å²) in [6.45, 7) is 4.63. The lowest BCUT2D eigenvalue weighted by molar-refractivity contribution is 0.105. The lowest BCUT2D eigenvalue weighted by atomic mass is 10.0. The third-order valence-corrected chi connectivity index (χ3v) is 3.66. The number of ether oxygens (including phenoxy) is 2. The highest BCUT2D eigenvalue weighted by Crippen LogP contribution is 2.21. The highest BCUT2D eigenvalue weighted by molar-refractivity contribution is 5.41. The molecule has 1 N–H and O–H groups in total. The van der Waals surface area contributed by atoms with Gasteiger partial charge in [-0.05, 0) is 37.5 Å². The molecule has 0 radical (unpaired) electrons. The Bertz CT molecular complexity index is 468. The van der Waals surface area contributed by atoms with Crippen LogP contribution in [0.1, 0.15) is 24.5 Å². The van der Waals surface area contributed by atoms with E-state index in [-0.39, 0.29) is 0 Å². The van der Waals surface area contributed by atoms with E-state index >= 15 is 0 Å². The molecular formula is C15H20N2O2. The molecule has 1 aromatic carbocycles. The Morgan fingerprint density at radius 1 is 1.53 bits per heavy atom. The van der Waals surface area contributed by atoms with Crippen molar-refractivity contribution in [2.45, 2.75) is 26.0 Å². The van der Waals surface area contributed by atoms with Crippen molar-refractivity contribution in [3.8, 4) is 11.8 Å². The van der Waals surface area contributed by atoms with Crippen molar-refractivity contribution in [2.24, 2.45) is 5.92 Å². The van der Waals surface area contributed by atoms with E-state index in [1.807, 2.05) is 12.1 Å². The summed E-state index contributed by atoms with van der Waals surface area (Å²) in [5, 5.41) is 12.4. The van der Waals surface area contributed by atoms with Crippen LogP contribution >= 0.6 is 0 Å². The van der Waals surface area contributed by atoms with E-state index in [4.69, 9.17) is 14.7 Å². The standard InChI is InChI=1S/C15H20N2O2/c1-11-13(5-6-19-11)9-17-10-14-7-12(8-16)3-4-15(14)18-2/h3-4,7,11,13,17H,5-6,9-10H2,1-2H3. The Labute approximate surface area is 114 Å². The number of methoxy groups -OCH3 is 1. The summed E-state index contributed by atoms with van der Waals surface area (Å²) < 4.78 is 10.9. The molecule has 2 unspecified atom stereocenters. The minimum atomic E-state index is 0.333. The van der Waals surface area contributed by atoms with E-state index in [2.05, 4.69) is 18.3 Å². The van der Waals surface area contributed by atoms with Crippen molar-refractivity contribution in [3.63, 3.8) is 0 Å². The molecule has 4 nitrogen and oxygen atoms in total. The Hall–Kier alpha value is -1.57. The average molecular weight is 260 g/mol.